The summed E-state index contributed by atoms with van der Waals surface area (Å²) in [4.78, 5) is 12.6. The average Bonchev–Trinajstić information content (AvgIpc) is 2.97. The van der Waals surface area contributed by atoms with Crippen molar-refractivity contribution in [3.8, 4) is 11.5 Å². The first-order valence-corrected chi connectivity index (χ1v) is 16.3. The first kappa shape index (κ1) is 32.2. The summed E-state index contributed by atoms with van der Waals surface area (Å²) >= 11 is 0. The van der Waals surface area contributed by atoms with Gasteiger partial charge in [0.05, 0.1) is 12.2 Å². The lowest BCUT2D eigenvalue weighted by molar-refractivity contribution is 0.0734. The van der Waals surface area contributed by atoms with Gasteiger partial charge in [0.15, 0.2) is 0 Å². The molecule has 1 aliphatic carbocycles. The quantitative estimate of drug-likeness (QED) is 0.0987. The maximum absolute atomic E-state index is 14.6. The molecule has 40 heavy (non-hydrogen) atoms. The third-order valence-corrected chi connectivity index (χ3v) is 8.58. The number of carbonyl (C=O) groups excluding carboxylic acids is 1. The standard InChI is InChI=1S/C36H53FO3/c1-3-5-7-8-9-10-12-16-31-21-26-34(28-35(31)37)40-36(38)32-22-24-33(25-23-32)39-27-13-15-30-19-17-29(18-20-30)14-11-6-4-2/h21-26,28-30H,3-20,27H2,1-2H3. The van der Waals surface area contributed by atoms with E-state index in [1.807, 2.05) is 12.1 Å². The molecule has 4 heteroatoms. The first-order valence-electron chi connectivity index (χ1n) is 16.3. The van der Waals surface area contributed by atoms with E-state index in [4.69, 9.17) is 9.47 Å². The van der Waals surface area contributed by atoms with E-state index in [-0.39, 0.29) is 11.6 Å². The van der Waals surface area contributed by atoms with E-state index < -0.39 is 5.97 Å². The van der Waals surface area contributed by atoms with Crippen molar-refractivity contribution in [1.29, 1.82) is 0 Å². The Labute approximate surface area is 243 Å². The molecule has 2 aromatic carbocycles. The molecule has 0 radical (unpaired) electrons. The Bertz CT molecular complexity index is 963. The van der Waals surface area contributed by atoms with Gasteiger partial charge in [0, 0.05) is 6.07 Å². The Morgan fingerprint density at radius 3 is 1.95 bits per heavy atom. The highest BCUT2D eigenvalue weighted by Crippen LogP contribution is 2.34. The smallest absolute Gasteiger partial charge is 0.343 e. The molecule has 0 N–H and O–H groups in total. The summed E-state index contributed by atoms with van der Waals surface area (Å²) in [6.45, 7) is 5.20. The minimum atomic E-state index is -0.490. The van der Waals surface area contributed by atoms with E-state index in [9.17, 15) is 9.18 Å². The molecule has 3 rings (SSSR count). The molecule has 0 heterocycles. The second-order valence-electron chi connectivity index (χ2n) is 11.9. The van der Waals surface area contributed by atoms with Crippen LogP contribution in [0.15, 0.2) is 42.5 Å². The highest BCUT2D eigenvalue weighted by Gasteiger charge is 2.20. The van der Waals surface area contributed by atoms with Gasteiger partial charge < -0.3 is 9.47 Å². The molecule has 222 valence electrons. The number of ether oxygens (including phenoxy) is 2. The predicted octanol–water partition coefficient (Wildman–Crippen LogP) is 10.9. The van der Waals surface area contributed by atoms with Gasteiger partial charge in [-0.25, -0.2) is 9.18 Å². The van der Waals surface area contributed by atoms with Gasteiger partial charge in [-0.2, -0.15) is 0 Å². The SMILES string of the molecule is CCCCCCCCCc1ccc(OC(=O)c2ccc(OCCCC3CCC(CCCCC)CC3)cc2)cc1F. The highest BCUT2D eigenvalue weighted by molar-refractivity contribution is 5.91. The predicted molar refractivity (Wildman–Crippen MR) is 164 cm³/mol. The topological polar surface area (TPSA) is 35.5 Å². The van der Waals surface area contributed by atoms with E-state index in [0.717, 1.165) is 43.3 Å². The number of rotatable bonds is 19. The van der Waals surface area contributed by atoms with Gasteiger partial charge >= 0.3 is 5.97 Å². The van der Waals surface area contributed by atoms with Crippen molar-refractivity contribution < 1.29 is 18.7 Å². The van der Waals surface area contributed by atoms with Crippen LogP contribution in [0.2, 0.25) is 0 Å². The minimum Gasteiger partial charge on any atom is -0.494 e. The van der Waals surface area contributed by atoms with Crippen molar-refractivity contribution in [3.05, 3.63) is 59.4 Å². The molecule has 0 atom stereocenters. The summed E-state index contributed by atoms with van der Waals surface area (Å²) in [6.07, 6.45) is 22.5. The summed E-state index contributed by atoms with van der Waals surface area (Å²) in [7, 11) is 0. The fourth-order valence-electron chi connectivity index (χ4n) is 5.97. The van der Waals surface area contributed by atoms with Crippen molar-refractivity contribution >= 4 is 5.97 Å². The van der Waals surface area contributed by atoms with Gasteiger partial charge in [-0.1, -0.05) is 110 Å². The molecule has 0 bridgehead atoms. The molecule has 0 saturated heterocycles. The molecule has 0 unspecified atom stereocenters. The van der Waals surface area contributed by atoms with Crippen molar-refractivity contribution in [2.45, 2.75) is 129 Å². The van der Waals surface area contributed by atoms with Crippen LogP contribution >= 0.6 is 0 Å². The van der Waals surface area contributed by atoms with Crippen LogP contribution in [0.1, 0.15) is 139 Å². The molecule has 1 fully saturated rings. The van der Waals surface area contributed by atoms with E-state index in [0.29, 0.717) is 17.7 Å². The largest absolute Gasteiger partial charge is 0.494 e. The first-order chi connectivity index (χ1) is 19.6. The van der Waals surface area contributed by atoms with Crippen molar-refractivity contribution in [3.63, 3.8) is 0 Å². The Kier molecular flexibility index (Phi) is 15.2. The number of hydrogen-bond donors (Lipinski definition) is 0. The average molecular weight is 553 g/mol. The van der Waals surface area contributed by atoms with E-state index in [1.54, 1.807) is 24.3 Å². The minimum absolute atomic E-state index is 0.237. The van der Waals surface area contributed by atoms with Crippen LogP contribution in [-0.4, -0.2) is 12.6 Å². The number of aryl methyl sites for hydroxylation is 1. The number of benzene rings is 2. The van der Waals surface area contributed by atoms with Crippen LogP contribution in [0.3, 0.4) is 0 Å². The molecule has 0 aromatic heterocycles. The van der Waals surface area contributed by atoms with Gasteiger partial charge in [0.1, 0.15) is 17.3 Å². The van der Waals surface area contributed by atoms with Gasteiger partial charge in [-0.05, 0) is 73.4 Å². The third kappa shape index (κ3) is 12.0. The Morgan fingerprint density at radius 2 is 1.30 bits per heavy atom. The fourth-order valence-corrected chi connectivity index (χ4v) is 5.97. The van der Waals surface area contributed by atoms with Crippen LogP contribution in [0.4, 0.5) is 4.39 Å². The van der Waals surface area contributed by atoms with Crippen molar-refractivity contribution in [2.75, 3.05) is 6.61 Å². The summed E-state index contributed by atoms with van der Waals surface area (Å²) in [5.74, 6) is 2.01. The van der Waals surface area contributed by atoms with E-state index in [2.05, 4.69) is 13.8 Å². The second-order valence-corrected chi connectivity index (χ2v) is 11.9. The Balaban J connectivity index is 1.31. The fraction of sp³-hybridized carbons (Fsp3) is 0.639. The molecule has 0 amide bonds. The molecule has 2 aromatic rings. The van der Waals surface area contributed by atoms with E-state index >= 15 is 0 Å². The van der Waals surface area contributed by atoms with E-state index in [1.165, 1.54) is 96.0 Å². The van der Waals surface area contributed by atoms with Crippen LogP contribution in [0, 0.1) is 17.7 Å². The Hall–Kier alpha value is -2.36. The number of unbranched alkanes of at least 4 members (excludes halogenated alkanes) is 8. The van der Waals surface area contributed by atoms with Gasteiger partial charge in [-0.3, -0.25) is 0 Å². The number of carbonyl (C=O) groups is 1. The molecule has 1 saturated carbocycles. The lowest BCUT2D eigenvalue weighted by atomic mass is 9.78. The van der Waals surface area contributed by atoms with Crippen molar-refractivity contribution in [1.82, 2.24) is 0 Å². The molecular formula is C36H53FO3. The number of esters is 1. The highest BCUT2D eigenvalue weighted by atomic mass is 19.1. The zero-order valence-electron chi connectivity index (χ0n) is 25.2. The Morgan fingerprint density at radius 1 is 0.725 bits per heavy atom. The summed E-state index contributed by atoms with van der Waals surface area (Å²) in [5.41, 5.74) is 1.11. The van der Waals surface area contributed by atoms with Crippen LogP contribution < -0.4 is 9.47 Å². The normalized spacial score (nSPS) is 17.1. The molecular weight excluding hydrogens is 499 g/mol. The third-order valence-electron chi connectivity index (χ3n) is 8.58. The molecule has 0 aliphatic heterocycles. The maximum Gasteiger partial charge on any atom is 0.343 e. The molecule has 3 nitrogen and oxygen atoms in total. The zero-order chi connectivity index (χ0) is 28.4. The summed E-state index contributed by atoms with van der Waals surface area (Å²) < 4.78 is 25.9. The van der Waals surface area contributed by atoms with Gasteiger partial charge in [0.2, 0.25) is 0 Å². The zero-order valence-corrected chi connectivity index (χ0v) is 25.2. The maximum atomic E-state index is 14.6. The van der Waals surface area contributed by atoms with Gasteiger partial charge in [-0.15, -0.1) is 0 Å². The monoisotopic (exact) mass is 552 g/mol. The lowest BCUT2D eigenvalue weighted by Gasteiger charge is -2.28. The van der Waals surface area contributed by atoms with Crippen LogP contribution in [0.25, 0.3) is 0 Å². The van der Waals surface area contributed by atoms with Gasteiger partial charge in [0.25, 0.3) is 0 Å². The molecule has 0 spiro atoms. The second kappa shape index (κ2) is 18.9. The van der Waals surface area contributed by atoms with Crippen molar-refractivity contribution in [2.24, 2.45) is 11.8 Å². The van der Waals surface area contributed by atoms with Crippen LogP contribution in [0.5, 0.6) is 11.5 Å². The summed E-state index contributed by atoms with van der Waals surface area (Å²) in [5, 5.41) is 0. The number of hydrogen-bond acceptors (Lipinski definition) is 3. The lowest BCUT2D eigenvalue weighted by Crippen LogP contribution is -2.15. The summed E-state index contributed by atoms with van der Waals surface area (Å²) in [6, 6.07) is 11.8. The van der Waals surface area contributed by atoms with Crippen LogP contribution in [-0.2, 0) is 6.42 Å². The number of halogens is 1. The molecule has 1 aliphatic rings.